The highest BCUT2D eigenvalue weighted by Crippen LogP contribution is 2.16. The van der Waals surface area contributed by atoms with Gasteiger partial charge in [0.15, 0.2) is 0 Å². The number of hydrogen-bond donors (Lipinski definition) is 2. The second-order valence-corrected chi connectivity index (χ2v) is 6.84. The Morgan fingerprint density at radius 3 is 2.38 bits per heavy atom. The molecule has 2 N–H and O–H groups in total. The molecule has 0 spiro atoms. The third-order valence-corrected chi connectivity index (χ3v) is 4.41. The minimum Gasteiger partial charge on any atom is -0.475 e. The lowest BCUT2D eigenvalue weighted by atomic mass is 10.2. The van der Waals surface area contributed by atoms with Gasteiger partial charge in [-0.3, -0.25) is 9.59 Å². The van der Waals surface area contributed by atoms with Crippen molar-refractivity contribution in [1.29, 1.82) is 0 Å². The van der Waals surface area contributed by atoms with Crippen molar-refractivity contribution in [2.24, 2.45) is 0 Å². The van der Waals surface area contributed by atoms with Crippen LogP contribution in [0.3, 0.4) is 0 Å². The van der Waals surface area contributed by atoms with E-state index in [0.717, 1.165) is 11.4 Å². The first kappa shape index (κ1) is 24.7. The van der Waals surface area contributed by atoms with Crippen molar-refractivity contribution < 1.29 is 27.9 Å². The summed E-state index contributed by atoms with van der Waals surface area (Å²) >= 11 is 6.15. The zero-order chi connectivity index (χ0) is 23.9. The van der Waals surface area contributed by atoms with Crippen LogP contribution in [-0.2, 0) is 22.7 Å². The van der Waals surface area contributed by atoms with Crippen molar-refractivity contribution in [3.63, 3.8) is 0 Å². The topological polar surface area (TPSA) is 106 Å². The van der Waals surface area contributed by atoms with Crippen LogP contribution >= 0.6 is 11.6 Å². The van der Waals surface area contributed by atoms with Gasteiger partial charge in [0.2, 0.25) is 5.91 Å². The number of carboxylic acids is 1. The van der Waals surface area contributed by atoms with Crippen LogP contribution in [0.25, 0.3) is 0 Å². The summed E-state index contributed by atoms with van der Waals surface area (Å²) in [5, 5.41) is 10.5. The predicted molar refractivity (Wildman–Crippen MR) is 111 cm³/mol. The first-order valence-corrected chi connectivity index (χ1v) is 9.36. The molecule has 0 fully saturated rings. The fourth-order valence-corrected chi connectivity index (χ4v) is 2.66. The summed E-state index contributed by atoms with van der Waals surface area (Å²) < 4.78 is 35.0. The maximum atomic E-state index is 12.2. The molecule has 3 rings (SSSR count). The summed E-state index contributed by atoms with van der Waals surface area (Å²) in [6.45, 7) is 2.33. The molecule has 170 valence electrons. The van der Waals surface area contributed by atoms with E-state index in [1.54, 1.807) is 35.3 Å². The average Bonchev–Trinajstić information content (AvgIpc) is 3.10. The average molecular weight is 471 g/mol. The molecule has 1 amide bonds. The Hall–Kier alpha value is -3.60. The van der Waals surface area contributed by atoms with Gasteiger partial charge in [0.25, 0.3) is 5.56 Å². The number of aliphatic carboxylic acids is 1. The van der Waals surface area contributed by atoms with Crippen LogP contribution in [0.15, 0.2) is 59.8 Å². The lowest BCUT2D eigenvalue weighted by molar-refractivity contribution is -0.192. The highest BCUT2D eigenvalue weighted by Gasteiger charge is 2.38. The van der Waals surface area contributed by atoms with Crippen LogP contribution in [0.2, 0.25) is 5.02 Å². The van der Waals surface area contributed by atoms with E-state index in [4.69, 9.17) is 21.5 Å². The van der Waals surface area contributed by atoms with Gasteiger partial charge < -0.3 is 19.6 Å². The van der Waals surface area contributed by atoms with Crippen molar-refractivity contribution in [2.45, 2.75) is 26.2 Å². The molecular formula is C20H18ClF3N4O4. The first-order chi connectivity index (χ1) is 15.0. The number of aryl methyl sites for hydroxylation is 1. The number of hydrogen-bond acceptors (Lipinski definition) is 4. The molecular weight excluding hydrogens is 453 g/mol. The van der Waals surface area contributed by atoms with Crippen molar-refractivity contribution in [2.75, 3.05) is 5.32 Å². The number of carbonyl (C=O) groups is 2. The molecule has 2 aromatic heterocycles. The first-order valence-electron chi connectivity index (χ1n) is 8.99. The molecule has 0 atom stereocenters. The molecule has 3 aromatic rings. The number of nitrogens with zero attached hydrogens (tertiary/aromatic N) is 3. The molecule has 0 saturated heterocycles. The molecule has 0 radical (unpaired) electrons. The molecule has 1 aromatic carbocycles. The molecule has 12 heteroatoms. The molecule has 2 heterocycles. The fourth-order valence-electron chi connectivity index (χ4n) is 2.47. The normalized spacial score (nSPS) is 10.8. The molecule has 0 aliphatic rings. The Labute approximate surface area is 184 Å². The monoisotopic (exact) mass is 470 g/mol. The SMILES string of the molecule is Cc1nccn1CC(=O)Nc1ccc(=O)n(Cc2ccccc2Cl)c1.O=C(O)C(F)(F)F. The minimum absolute atomic E-state index is 0.162. The highest BCUT2D eigenvalue weighted by atomic mass is 35.5. The molecule has 0 unspecified atom stereocenters. The smallest absolute Gasteiger partial charge is 0.475 e. The second kappa shape index (κ2) is 10.6. The van der Waals surface area contributed by atoms with Gasteiger partial charge in [0.1, 0.15) is 12.4 Å². The number of halogens is 4. The van der Waals surface area contributed by atoms with Gasteiger partial charge in [-0.25, -0.2) is 9.78 Å². The van der Waals surface area contributed by atoms with Crippen LogP contribution in [0.4, 0.5) is 18.9 Å². The maximum Gasteiger partial charge on any atom is 0.490 e. The van der Waals surface area contributed by atoms with Crippen molar-refractivity contribution in [3.05, 3.63) is 81.8 Å². The number of alkyl halides is 3. The van der Waals surface area contributed by atoms with Gasteiger partial charge >= 0.3 is 12.1 Å². The Bertz CT molecular complexity index is 1160. The number of carbonyl (C=O) groups excluding carboxylic acids is 1. The Morgan fingerprint density at radius 2 is 1.81 bits per heavy atom. The molecule has 0 bridgehead atoms. The van der Waals surface area contributed by atoms with Crippen LogP contribution < -0.4 is 10.9 Å². The van der Waals surface area contributed by atoms with E-state index in [0.29, 0.717) is 17.3 Å². The quantitative estimate of drug-likeness (QED) is 0.595. The van der Waals surface area contributed by atoms with Crippen LogP contribution in [0.1, 0.15) is 11.4 Å². The Morgan fingerprint density at radius 1 is 1.16 bits per heavy atom. The molecule has 8 nitrogen and oxygen atoms in total. The number of imidazole rings is 1. The van der Waals surface area contributed by atoms with E-state index >= 15 is 0 Å². The number of carboxylic acid groups (broad SMARTS) is 1. The summed E-state index contributed by atoms with van der Waals surface area (Å²) in [6.07, 6.45) is -0.0794. The molecule has 0 aliphatic carbocycles. The third-order valence-electron chi connectivity index (χ3n) is 4.05. The van der Waals surface area contributed by atoms with E-state index in [1.165, 1.54) is 10.6 Å². The number of anilines is 1. The Balaban J connectivity index is 0.000000451. The van der Waals surface area contributed by atoms with Gasteiger partial charge in [-0.2, -0.15) is 13.2 Å². The van der Waals surface area contributed by atoms with E-state index in [1.807, 2.05) is 25.1 Å². The summed E-state index contributed by atoms with van der Waals surface area (Å²) in [7, 11) is 0. The minimum atomic E-state index is -5.08. The number of benzene rings is 1. The summed E-state index contributed by atoms with van der Waals surface area (Å²) in [5.41, 5.74) is 1.22. The zero-order valence-electron chi connectivity index (χ0n) is 16.6. The Kier molecular flexibility index (Phi) is 8.19. The number of aromatic nitrogens is 3. The van der Waals surface area contributed by atoms with Crippen molar-refractivity contribution in [3.8, 4) is 0 Å². The van der Waals surface area contributed by atoms with Gasteiger partial charge in [0.05, 0.1) is 12.2 Å². The number of amides is 1. The third kappa shape index (κ3) is 7.27. The standard InChI is InChI=1S/C18H17ClN4O2.C2HF3O2/c1-13-20-8-9-22(13)12-17(24)21-15-6-7-18(25)23(11-15)10-14-4-2-3-5-16(14)19;3-2(4,5)1(6)7/h2-9,11H,10,12H2,1H3,(H,21,24);(H,6,7). The fraction of sp³-hybridized carbons (Fsp3) is 0.200. The number of rotatable bonds is 5. The van der Waals surface area contributed by atoms with Crippen LogP contribution in [0.5, 0.6) is 0 Å². The van der Waals surface area contributed by atoms with Gasteiger partial charge in [-0.1, -0.05) is 29.8 Å². The summed E-state index contributed by atoms with van der Waals surface area (Å²) in [4.78, 5) is 37.2. The molecule has 0 saturated carbocycles. The highest BCUT2D eigenvalue weighted by molar-refractivity contribution is 6.31. The number of nitrogens with one attached hydrogen (secondary N) is 1. The van der Waals surface area contributed by atoms with Crippen molar-refractivity contribution in [1.82, 2.24) is 14.1 Å². The number of pyridine rings is 1. The predicted octanol–water partition coefficient (Wildman–Crippen LogP) is 3.33. The van der Waals surface area contributed by atoms with E-state index in [9.17, 15) is 22.8 Å². The second-order valence-electron chi connectivity index (χ2n) is 6.43. The summed E-state index contributed by atoms with van der Waals surface area (Å²) in [6, 6.07) is 10.4. The maximum absolute atomic E-state index is 12.2. The van der Waals surface area contributed by atoms with E-state index in [2.05, 4.69) is 10.3 Å². The van der Waals surface area contributed by atoms with Gasteiger partial charge in [-0.15, -0.1) is 0 Å². The zero-order valence-corrected chi connectivity index (χ0v) is 17.4. The van der Waals surface area contributed by atoms with Crippen LogP contribution in [-0.4, -0.2) is 37.3 Å². The van der Waals surface area contributed by atoms with E-state index in [-0.39, 0.29) is 18.0 Å². The van der Waals surface area contributed by atoms with E-state index < -0.39 is 12.1 Å². The largest absolute Gasteiger partial charge is 0.490 e. The van der Waals surface area contributed by atoms with Gasteiger partial charge in [0, 0.05) is 29.7 Å². The van der Waals surface area contributed by atoms with Crippen molar-refractivity contribution >= 4 is 29.2 Å². The summed E-state index contributed by atoms with van der Waals surface area (Å²) in [5.74, 6) is -2.18. The van der Waals surface area contributed by atoms with Crippen LogP contribution in [0, 0.1) is 6.92 Å². The molecule has 32 heavy (non-hydrogen) atoms. The molecule has 0 aliphatic heterocycles. The lowest BCUT2D eigenvalue weighted by Gasteiger charge is -2.11. The lowest BCUT2D eigenvalue weighted by Crippen LogP contribution is -2.23. The van der Waals surface area contributed by atoms with Gasteiger partial charge in [-0.05, 0) is 24.6 Å².